The van der Waals surface area contributed by atoms with Crippen LogP contribution in [0.25, 0.3) is 0 Å². The summed E-state index contributed by atoms with van der Waals surface area (Å²) in [6.45, 7) is 6.64. The van der Waals surface area contributed by atoms with E-state index < -0.39 is 0 Å². The van der Waals surface area contributed by atoms with Crippen LogP contribution >= 0.6 is 11.3 Å². The molecule has 0 atom stereocenters. The molecule has 3 N–H and O–H groups in total. The fraction of sp³-hybridized carbons (Fsp3) is 0.467. The zero-order valence-corrected chi connectivity index (χ0v) is 13.5. The van der Waals surface area contributed by atoms with Crippen molar-refractivity contribution in [2.45, 2.75) is 33.2 Å². The van der Waals surface area contributed by atoms with Crippen molar-refractivity contribution in [3.05, 3.63) is 39.8 Å². The maximum atomic E-state index is 4.59. The van der Waals surface area contributed by atoms with Crippen LogP contribution in [0.1, 0.15) is 29.5 Å². The lowest BCUT2D eigenvalue weighted by Gasteiger charge is -2.10. The van der Waals surface area contributed by atoms with Gasteiger partial charge < -0.3 is 10.6 Å². The van der Waals surface area contributed by atoms with Crippen molar-refractivity contribution < 1.29 is 0 Å². The first kappa shape index (κ1) is 15.6. The molecule has 0 aromatic carbocycles. The Labute approximate surface area is 129 Å². The molecule has 2 aromatic rings. The summed E-state index contributed by atoms with van der Waals surface area (Å²) >= 11 is 1.74. The number of aryl methyl sites for hydroxylation is 2. The van der Waals surface area contributed by atoms with Crippen molar-refractivity contribution in [2.24, 2.45) is 4.99 Å². The van der Waals surface area contributed by atoms with Gasteiger partial charge in [-0.25, -0.2) is 4.99 Å². The van der Waals surface area contributed by atoms with Gasteiger partial charge in [-0.3, -0.25) is 5.10 Å². The lowest BCUT2D eigenvalue weighted by atomic mass is 10.1. The number of nitrogens with one attached hydrogen (secondary N) is 3. The van der Waals surface area contributed by atoms with Crippen LogP contribution in [0.15, 0.2) is 28.7 Å². The van der Waals surface area contributed by atoms with E-state index in [-0.39, 0.29) is 0 Å². The van der Waals surface area contributed by atoms with Crippen molar-refractivity contribution in [1.82, 2.24) is 20.8 Å². The van der Waals surface area contributed by atoms with Crippen LogP contribution < -0.4 is 10.6 Å². The number of aliphatic imine (C=N–C) groups is 1. The van der Waals surface area contributed by atoms with Gasteiger partial charge in [-0.1, -0.05) is 6.07 Å². The second kappa shape index (κ2) is 8.46. The summed E-state index contributed by atoms with van der Waals surface area (Å²) in [6, 6.07) is 4.17. The van der Waals surface area contributed by atoms with Crippen molar-refractivity contribution in [3.8, 4) is 0 Å². The summed E-state index contributed by atoms with van der Waals surface area (Å²) in [7, 11) is 0. The average Bonchev–Trinajstić information content (AvgIpc) is 3.13. The number of aromatic nitrogens is 2. The van der Waals surface area contributed by atoms with Gasteiger partial charge in [-0.05, 0) is 43.7 Å². The van der Waals surface area contributed by atoms with Crippen LogP contribution in [0.3, 0.4) is 0 Å². The first-order valence-electron chi connectivity index (χ1n) is 7.33. The van der Waals surface area contributed by atoms with E-state index in [1.54, 1.807) is 11.3 Å². The highest BCUT2D eigenvalue weighted by Gasteiger charge is 2.01. The zero-order valence-electron chi connectivity index (χ0n) is 12.6. The van der Waals surface area contributed by atoms with Crippen LogP contribution in [0.2, 0.25) is 0 Å². The zero-order chi connectivity index (χ0) is 14.9. The molecule has 0 fully saturated rings. The van der Waals surface area contributed by atoms with E-state index in [1.807, 2.05) is 6.20 Å². The van der Waals surface area contributed by atoms with E-state index in [0.717, 1.165) is 44.1 Å². The van der Waals surface area contributed by atoms with E-state index in [1.165, 1.54) is 10.4 Å². The number of aromatic amines is 1. The van der Waals surface area contributed by atoms with Crippen LogP contribution in [0.4, 0.5) is 0 Å². The molecule has 6 heteroatoms. The molecule has 0 aliphatic carbocycles. The molecule has 0 aliphatic rings. The molecule has 2 rings (SSSR count). The molecule has 0 spiro atoms. The number of thiophene rings is 1. The average molecular weight is 305 g/mol. The van der Waals surface area contributed by atoms with Gasteiger partial charge in [0.2, 0.25) is 0 Å². The number of hydrogen-bond acceptors (Lipinski definition) is 3. The molecule has 5 nitrogen and oxygen atoms in total. The Balaban J connectivity index is 1.74. The lowest BCUT2D eigenvalue weighted by Crippen LogP contribution is -2.37. The predicted molar refractivity (Wildman–Crippen MR) is 88.8 cm³/mol. The van der Waals surface area contributed by atoms with Gasteiger partial charge in [0.25, 0.3) is 0 Å². The predicted octanol–water partition coefficient (Wildman–Crippen LogP) is 2.47. The smallest absolute Gasteiger partial charge is 0.191 e. The van der Waals surface area contributed by atoms with Gasteiger partial charge in [-0.2, -0.15) is 5.10 Å². The SMILES string of the molecule is CCNC(=NCc1cccs1)NCCCc1cn[nH]c1C. The van der Waals surface area contributed by atoms with E-state index in [4.69, 9.17) is 0 Å². The van der Waals surface area contributed by atoms with Crippen LogP contribution in [0.5, 0.6) is 0 Å². The summed E-state index contributed by atoms with van der Waals surface area (Å²) in [5, 5.41) is 15.7. The molecule has 2 aromatic heterocycles. The number of guanidine groups is 1. The first-order chi connectivity index (χ1) is 10.3. The van der Waals surface area contributed by atoms with E-state index in [0.29, 0.717) is 0 Å². The summed E-state index contributed by atoms with van der Waals surface area (Å²) in [5.74, 6) is 0.884. The minimum Gasteiger partial charge on any atom is -0.357 e. The fourth-order valence-corrected chi connectivity index (χ4v) is 2.64. The van der Waals surface area contributed by atoms with Crippen molar-refractivity contribution >= 4 is 17.3 Å². The Bertz CT molecular complexity index is 544. The third kappa shape index (κ3) is 5.23. The van der Waals surface area contributed by atoms with E-state index >= 15 is 0 Å². The van der Waals surface area contributed by atoms with E-state index in [2.05, 4.69) is 57.2 Å². The summed E-state index contributed by atoms with van der Waals surface area (Å²) in [4.78, 5) is 5.87. The standard InChI is InChI=1S/C15H23N5S/c1-3-16-15(18-11-14-7-5-9-21-14)17-8-4-6-13-10-19-20-12(13)2/h5,7,9-10H,3-4,6,8,11H2,1-2H3,(H,19,20)(H2,16,17,18). The Morgan fingerprint density at radius 3 is 3.00 bits per heavy atom. The highest BCUT2D eigenvalue weighted by molar-refractivity contribution is 7.09. The molecule has 0 aliphatic heterocycles. The summed E-state index contributed by atoms with van der Waals surface area (Å²) in [6.07, 6.45) is 3.99. The molecule has 0 bridgehead atoms. The van der Waals surface area contributed by atoms with Crippen LogP contribution in [-0.2, 0) is 13.0 Å². The quantitative estimate of drug-likeness (QED) is 0.418. The molecule has 21 heavy (non-hydrogen) atoms. The molecule has 0 radical (unpaired) electrons. The van der Waals surface area contributed by atoms with Crippen LogP contribution in [0, 0.1) is 6.92 Å². The highest BCUT2D eigenvalue weighted by Crippen LogP contribution is 2.09. The maximum absolute atomic E-state index is 4.59. The third-order valence-corrected chi connectivity index (χ3v) is 4.03. The first-order valence-corrected chi connectivity index (χ1v) is 8.21. The van der Waals surface area contributed by atoms with Gasteiger partial charge in [0.05, 0.1) is 12.7 Å². The lowest BCUT2D eigenvalue weighted by molar-refractivity contribution is 0.742. The van der Waals surface area contributed by atoms with Gasteiger partial charge in [0.1, 0.15) is 0 Å². The Morgan fingerprint density at radius 1 is 1.43 bits per heavy atom. The minimum absolute atomic E-state index is 0.730. The number of rotatable bonds is 7. The van der Waals surface area contributed by atoms with Gasteiger partial charge in [0, 0.05) is 23.7 Å². The molecular weight excluding hydrogens is 282 g/mol. The Hall–Kier alpha value is -1.82. The monoisotopic (exact) mass is 305 g/mol. The molecule has 0 amide bonds. The molecule has 0 saturated heterocycles. The van der Waals surface area contributed by atoms with Crippen LogP contribution in [-0.4, -0.2) is 29.2 Å². The number of nitrogens with zero attached hydrogens (tertiary/aromatic N) is 2. The molecular formula is C15H23N5S. The van der Waals surface area contributed by atoms with Crippen molar-refractivity contribution in [2.75, 3.05) is 13.1 Å². The van der Waals surface area contributed by atoms with Gasteiger partial charge in [0.15, 0.2) is 5.96 Å². The maximum Gasteiger partial charge on any atom is 0.191 e. The minimum atomic E-state index is 0.730. The largest absolute Gasteiger partial charge is 0.357 e. The molecule has 0 saturated carbocycles. The summed E-state index contributed by atoms with van der Waals surface area (Å²) in [5.41, 5.74) is 2.45. The number of H-pyrrole nitrogens is 1. The second-order valence-electron chi connectivity index (χ2n) is 4.83. The second-order valence-corrected chi connectivity index (χ2v) is 5.86. The molecule has 0 unspecified atom stereocenters. The molecule has 114 valence electrons. The number of hydrogen-bond donors (Lipinski definition) is 3. The summed E-state index contributed by atoms with van der Waals surface area (Å²) < 4.78 is 0. The molecule has 2 heterocycles. The third-order valence-electron chi connectivity index (χ3n) is 3.17. The van der Waals surface area contributed by atoms with Crippen molar-refractivity contribution in [1.29, 1.82) is 0 Å². The van der Waals surface area contributed by atoms with Crippen molar-refractivity contribution in [3.63, 3.8) is 0 Å². The van der Waals surface area contributed by atoms with E-state index in [9.17, 15) is 0 Å². The Morgan fingerprint density at radius 2 is 2.33 bits per heavy atom. The van der Waals surface area contributed by atoms with Gasteiger partial charge in [-0.15, -0.1) is 11.3 Å². The van der Waals surface area contributed by atoms with Gasteiger partial charge >= 0.3 is 0 Å². The Kier molecular flexibility index (Phi) is 6.27. The highest BCUT2D eigenvalue weighted by atomic mass is 32.1. The normalized spacial score (nSPS) is 11.6. The topological polar surface area (TPSA) is 65.1 Å². The fourth-order valence-electron chi connectivity index (χ4n) is 2.01.